The number of nitrogens with one attached hydrogen (secondary N) is 2. The van der Waals surface area contributed by atoms with Gasteiger partial charge in [0.25, 0.3) is 5.91 Å². The molecule has 6 rings (SSSR count). The third-order valence-electron chi connectivity index (χ3n) is 8.16. The number of para-hydroxylation sites is 1. The van der Waals surface area contributed by atoms with E-state index in [1.165, 1.54) is 54.7 Å². The predicted molar refractivity (Wildman–Crippen MR) is 113 cm³/mol. The molecule has 0 spiro atoms. The lowest BCUT2D eigenvalue weighted by Gasteiger charge is -2.56. The Morgan fingerprint density at radius 3 is 2.29 bits per heavy atom. The molecular formula is C24H36N3O+. The Hall–Kier alpha value is -1.55. The quantitative estimate of drug-likeness (QED) is 0.818. The highest BCUT2D eigenvalue weighted by atomic mass is 16.2. The van der Waals surface area contributed by atoms with Crippen molar-refractivity contribution in [3.8, 4) is 0 Å². The van der Waals surface area contributed by atoms with Gasteiger partial charge in [0.2, 0.25) is 0 Å². The molecule has 152 valence electrons. The van der Waals surface area contributed by atoms with E-state index < -0.39 is 0 Å². The number of carbonyl (C=O) groups is 1. The molecule has 1 heterocycles. The summed E-state index contributed by atoms with van der Waals surface area (Å²) in [6.45, 7) is 7.97. The smallest absolute Gasteiger partial charge is 0.275 e. The van der Waals surface area contributed by atoms with Crippen LogP contribution in [-0.2, 0) is 4.79 Å². The van der Waals surface area contributed by atoms with E-state index >= 15 is 0 Å². The number of carbonyl (C=O) groups excluding carboxylic acids is 1. The molecule has 1 amide bonds. The van der Waals surface area contributed by atoms with E-state index in [9.17, 15) is 4.79 Å². The maximum absolute atomic E-state index is 12.7. The van der Waals surface area contributed by atoms with Crippen LogP contribution < -0.4 is 15.1 Å². The predicted octanol–water partition coefficient (Wildman–Crippen LogP) is 2.03. The zero-order valence-electron chi connectivity index (χ0n) is 17.4. The van der Waals surface area contributed by atoms with Crippen molar-refractivity contribution < 1.29 is 9.69 Å². The van der Waals surface area contributed by atoms with Crippen LogP contribution in [0.3, 0.4) is 0 Å². The molecule has 4 bridgehead atoms. The minimum absolute atomic E-state index is 0.273. The first-order valence-corrected chi connectivity index (χ1v) is 11.5. The molecule has 0 radical (unpaired) electrons. The molecule has 1 aromatic carbocycles. The first-order chi connectivity index (χ1) is 13.6. The summed E-state index contributed by atoms with van der Waals surface area (Å²) in [7, 11) is 0. The van der Waals surface area contributed by atoms with Crippen LogP contribution in [0.25, 0.3) is 0 Å². The van der Waals surface area contributed by atoms with Gasteiger partial charge in [-0.05, 0) is 80.2 Å². The van der Waals surface area contributed by atoms with Gasteiger partial charge in [0.15, 0.2) is 6.54 Å². The van der Waals surface area contributed by atoms with Crippen LogP contribution >= 0.6 is 0 Å². The zero-order valence-corrected chi connectivity index (χ0v) is 17.4. The minimum atomic E-state index is 0.273. The number of aryl methyl sites for hydroxylation is 1. The largest absolute Gasteiger partial charge is 0.360 e. The molecule has 5 aliphatic rings. The fourth-order valence-corrected chi connectivity index (χ4v) is 7.24. The number of benzene rings is 1. The van der Waals surface area contributed by atoms with E-state index in [0.29, 0.717) is 12.0 Å². The van der Waals surface area contributed by atoms with Gasteiger partial charge in [0.05, 0.1) is 26.2 Å². The SMILES string of the molecule is Cc1ccccc1N1CC[NH+](CC(=O)NCC23CC4CC(CC(C4)C2)C3)CC1. The maximum atomic E-state index is 12.7. The van der Waals surface area contributed by atoms with Crippen molar-refractivity contribution in [1.29, 1.82) is 0 Å². The van der Waals surface area contributed by atoms with E-state index in [0.717, 1.165) is 50.5 Å². The molecule has 4 aliphatic carbocycles. The van der Waals surface area contributed by atoms with E-state index in [1.54, 1.807) is 0 Å². The minimum Gasteiger partial charge on any atom is -0.360 e. The van der Waals surface area contributed by atoms with Gasteiger partial charge in [-0.3, -0.25) is 4.79 Å². The first kappa shape index (κ1) is 18.5. The summed E-state index contributed by atoms with van der Waals surface area (Å²) in [5, 5.41) is 3.37. The number of anilines is 1. The number of hydrogen-bond donors (Lipinski definition) is 2. The lowest BCUT2D eigenvalue weighted by molar-refractivity contribution is -0.892. The molecule has 0 atom stereocenters. The summed E-state index contributed by atoms with van der Waals surface area (Å²) >= 11 is 0. The van der Waals surface area contributed by atoms with Crippen molar-refractivity contribution in [2.75, 3.05) is 44.2 Å². The Morgan fingerprint density at radius 2 is 1.68 bits per heavy atom. The van der Waals surface area contributed by atoms with Crippen molar-refractivity contribution in [3.05, 3.63) is 29.8 Å². The molecule has 4 nitrogen and oxygen atoms in total. The summed E-state index contributed by atoms with van der Waals surface area (Å²) in [5.74, 6) is 3.16. The second-order valence-electron chi connectivity index (χ2n) is 10.4. The van der Waals surface area contributed by atoms with Crippen LogP contribution in [0.5, 0.6) is 0 Å². The van der Waals surface area contributed by atoms with Crippen LogP contribution in [0, 0.1) is 30.1 Å². The Kier molecular flexibility index (Phi) is 4.86. The van der Waals surface area contributed by atoms with E-state index in [-0.39, 0.29) is 5.91 Å². The zero-order chi connectivity index (χ0) is 19.1. The van der Waals surface area contributed by atoms with Crippen LogP contribution in [0.2, 0.25) is 0 Å². The molecule has 1 aromatic rings. The highest BCUT2D eigenvalue weighted by Gasteiger charge is 2.50. The van der Waals surface area contributed by atoms with Gasteiger partial charge in [-0.1, -0.05) is 18.2 Å². The topological polar surface area (TPSA) is 36.8 Å². The monoisotopic (exact) mass is 382 g/mol. The van der Waals surface area contributed by atoms with E-state index in [1.807, 2.05) is 0 Å². The average molecular weight is 383 g/mol. The van der Waals surface area contributed by atoms with Gasteiger partial charge in [0, 0.05) is 12.2 Å². The van der Waals surface area contributed by atoms with Crippen LogP contribution in [0.4, 0.5) is 5.69 Å². The Bertz CT molecular complexity index is 687. The fourth-order valence-electron chi connectivity index (χ4n) is 7.24. The van der Waals surface area contributed by atoms with Gasteiger partial charge >= 0.3 is 0 Å². The molecular weight excluding hydrogens is 346 g/mol. The van der Waals surface area contributed by atoms with E-state index in [4.69, 9.17) is 0 Å². The summed E-state index contributed by atoms with van der Waals surface area (Å²) in [6.07, 6.45) is 8.55. The number of hydrogen-bond acceptors (Lipinski definition) is 2. The van der Waals surface area contributed by atoms with Crippen molar-refractivity contribution >= 4 is 11.6 Å². The molecule has 28 heavy (non-hydrogen) atoms. The lowest BCUT2D eigenvalue weighted by atomic mass is 9.49. The van der Waals surface area contributed by atoms with Crippen LogP contribution in [-0.4, -0.2) is 45.2 Å². The summed E-state index contributed by atoms with van der Waals surface area (Å²) in [5.41, 5.74) is 3.15. The molecule has 1 aliphatic heterocycles. The standard InChI is InChI=1S/C24H35N3O/c1-18-4-2-3-5-22(18)27-8-6-26(7-9-27)16-23(28)25-17-24-13-19-10-20(14-24)12-21(11-19)15-24/h2-5,19-21H,6-17H2,1H3,(H,25,28)/p+1. The Labute approximate surface area is 169 Å². The number of piperazine rings is 1. The van der Waals surface area contributed by atoms with Crippen LogP contribution in [0.15, 0.2) is 24.3 Å². The first-order valence-electron chi connectivity index (χ1n) is 11.5. The second-order valence-corrected chi connectivity index (χ2v) is 10.4. The summed E-state index contributed by atoms with van der Waals surface area (Å²) < 4.78 is 0. The average Bonchev–Trinajstić information content (AvgIpc) is 2.67. The van der Waals surface area contributed by atoms with Crippen LogP contribution in [0.1, 0.15) is 44.1 Å². The van der Waals surface area contributed by atoms with Gasteiger partial charge in [0.1, 0.15) is 0 Å². The molecule has 4 heteroatoms. The summed E-state index contributed by atoms with van der Waals surface area (Å²) in [6, 6.07) is 8.64. The Morgan fingerprint density at radius 1 is 1.07 bits per heavy atom. The highest BCUT2D eigenvalue weighted by molar-refractivity contribution is 5.76. The second kappa shape index (κ2) is 7.37. The lowest BCUT2D eigenvalue weighted by Crippen LogP contribution is -3.16. The number of amides is 1. The number of nitrogens with zero attached hydrogens (tertiary/aromatic N) is 1. The number of rotatable bonds is 5. The fraction of sp³-hybridized carbons (Fsp3) is 0.708. The molecule has 1 saturated heterocycles. The van der Waals surface area contributed by atoms with Gasteiger partial charge < -0.3 is 15.1 Å². The maximum Gasteiger partial charge on any atom is 0.275 e. The number of quaternary nitrogens is 1. The highest BCUT2D eigenvalue weighted by Crippen LogP contribution is 2.59. The van der Waals surface area contributed by atoms with Crippen molar-refractivity contribution in [2.45, 2.75) is 45.4 Å². The normalized spacial score (nSPS) is 34.6. The van der Waals surface area contributed by atoms with Gasteiger partial charge in [-0.15, -0.1) is 0 Å². The van der Waals surface area contributed by atoms with Crippen molar-refractivity contribution in [2.24, 2.45) is 23.2 Å². The van der Waals surface area contributed by atoms with Gasteiger partial charge in [-0.25, -0.2) is 0 Å². The van der Waals surface area contributed by atoms with E-state index in [2.05, 4.69) is 41.4 Å². The molecule has 0 unspecified atom stereocenters. The molecule has 2 N–H and O–H groups in total. The molecule has 5 fully saturated rings. The van der Waals surface area contributed by atoms with Crippen molar-refractivity contribution in [3.63, 3.8) is 0 Å². The van der Waals surface area contributed by atoms with Gasteiger partial charge in [-0.2, -0.15) is 0 Å². The Balaban J connectivity index is 1.09. The molecule has 4 saturated carbocycles. The third-order valence-corrected chi connectivity index (χ3v) is 8.16. The molecule has 0 aromatic heterocycles. The van der Waals surface area contributed by atoms with Crippen molar-refractivity contribution in [1.82, 2.24) is 5.32 Å². The summed E-state index contributed by atoms with van der Waals surface area (Å²) in [4.78, 5) is 16.6. The third kappa shape index (κ3) is 3.68.